The van der Waals surface area contributed by atoms with E-state index in [1.807, 2.05) is 6.92 Å². The summed E-state index contributed by atoms with van der Waals surface area (Å²) in [4.78, 5) is 17.6. The molecular weight excluding hydrogens is 296 g/mol. The summed E-state index contributed by atoms with van der Waals surface area (Å²) in [5.41, 5.74) is 2.46. The number of nitrogens with one attached hydrogen (secondary N) is 1. The van der Waals surface area contributed by atoms with E-state index < -0.39 is 0 Å². The second-order valence-electron chi connectivity index (χ2n) is 4.82. The van der Waals surface area contributed by atoms with Crippen molar-refractivity contribution in [1.29, 1.82) is 5.26 Å². The summed E-state index contributed by atoms with van der Waals surface area (Å²) in [7, 11) is 0. The summed E-state index contributed by atoms with van der Waals surface area (Å²) in [5, 5.41) is 11.9. The van der Waals surface area contributed by atoms with Crippen LogP contribution in [0.5, 0.6) is 0 Å². The third-order valence-corrected chi connectivity index (χ3v) is 3.60. The summed E-state index contributed by atoms with van der Waals surface area (Å²) in [6.07, 6.45) is 1.59. The average Bonchev–Trinajstić information content (AvgIpc) is 2.83. The molecule has 2 aromatic heterocycles. The Morgan fingerprint density at radius 3 is 2.55 bits per heavy atom. The van der Waals surface area contributed by atoms with Crippen molar-refractivity contribution in [2.75, 3.05) is 0 Å². The number of aromatic amines is 1. The van der Waals surface area contributed by atoms with Gasteiger partial charge < -0.3 is 0 Å². The van der Waals surface area contributed by atoms with Gasteiger partial charge in [0.05, 0.1) is 17.2 Å². The van der Waals surface area contributed by atoms with E-state index >= 15 is 0 Å². The first-order chi connectivity index (χ1) is 10.6. The molecule has 108 valence electrons. The van der Waals surface area contributed by atoms with Gasteiger partial charge in [-0.2, -0.15) is 5.26 Å². The molecule has 3 rings (SSSR count). The van der Waals surface area contributed by atoms with Crippen LogP contribution in [0.1, 0.15) is 11.3 Å². The third-order valence-electron chi connectivity index (χ3n) is 3.34. The number of aromatic nitrogens is 3. The first-order valence-electron chi connectivity index (χ1n) is 6.57. The first-order valence-corrected chi connectivity index (χ1v) is 7.02. The van der Waals surface area contributed by atoms with Crippen molar-refractivity contribution in [3.8, 4) is 23.0 Å². The van der Waals surface area contributed by atoms with E-state index in [1.54, 1.807) is 42.6 Å². The number of thiol groups is 1. The van der Waals surface area contributed by atoms with Crippen molar-refractivity contribution in [2.24, 2.45) is 0 Å². The lowest BCUT2D eigenvalue weighted by atomic mass is 10.1. The van der Waals surface area contributed by atoms with Crippen molar-refractivity contribution in [3.63, 3.8) is 0 Å². The zero-order chi connectivity index (χ0) is 15.7. The molecule has 0 saturated heterocycles. The molecule has 0 atom stereocenters. The van der Waals surface area contributed by atoms with Crippen LogP contribution < -0.4 is 5.56 Å². The highest BCUT2D eigenvalue weighted by Crippen LogP contribution is 2.20. The van der Waals surface area contributed by atoms with E-state index in [4.69, 9.17) is 5.26 Å². The quantitative estimate of drug-likeness (QED) is 0.715. The smallest absolute Gasteiger partial charge is 0.280 e. The normalized spacial score (nSPS) is 10.4. The van der Waals surface area contributed by atoms with Crippen molar-refractivity contribution in [3.05, 3.63) is 64.2 Å². The largest absolute Gasteiger partial charge is 0.293 e. The summed E-state index contributed by atoms with van der Waals surface area (Å²) >= 11 is 4.19. The SMILES string of the molecule is Cc1[nH]n(-c2ccc(S)cn2)c(=O)c1-c1ccc(C#N)cc1. The minimum atomic E-state index is -0.179. The van der Waals surface area contributed by atoms with E-state index in [0.717, 1.165) is 16.2 Å². The molecule has 0 radical (unpaired) electrons. The Balaban J connectivity index is 2.12. The molecule has 0 amide bonds. The van der Waals surface area contributed by atoms with Crippen LogP contribution in [0.2, 0.25) is 0 Å². The molecule has 0 spiro atoms. The van der Waals surface area contributed by atoms with E-state index in [-0.39, 0.29) is 5.56 Å². The molecule has 0 aliphatic carbocycles. The van der Waals surface area contributed by atoms with Crippen LogP contribution in [0, 0.1) is 18.3 Å². The van der Waals surface area contributed by atoms with Gasteiger partial charge >= 0.3 is 0 Å². The number of H-pyrrole nitrogens is 1. The summed E-state index contributed by atoms with van der Waals surface area (Å²) < 4.78 is 1.40. The maximum Gasteiger partial charge on any atom is 0.280 e. The summed E-state index contributed by atoms with van der Waals surface area (Å²) in [5.74, 6) is 0.505. The fourth-order valence-electron chi connectivity index (χ4n) is 2.27. The number of nitriles is 1. The van der Waals surface area contributed by atoms with Crippen molar-refractivity contribution >= 4 is 12.6 Å². The standard InChI is InChI=1S/C16H12N4OS/c1-10-15(12-4-2-11(8-17)3-5-12)16(21)20(19-10)14-7-6-13(22)9-18-14/h2-7,9,19,22H,1H3. The highest BCUT2D eigenvalue weighted by molar-refractivity contribution is 7.80. The maximum atomic E-state index is 12.6. The number of hydrogen-bond donors (Lipinski definition) is 2. The topological polar surface area (TPSA) is 74.5 Å². The molecule has 0 saturated carbocycles. The molecule has 0 bridgehead atoms. The molecule has 22 heavy (non-hydrogen) atoms. The van der Waals surface area contributed by atoms with E-state index in [9.17, 15) is 4.79 Å². The van der Waals surface area contributed by atoms with Gasteiger partial charge in [0.25, 0.3) is 5.56 Å². The number of hydrogen-bond acceptors (Lipinski definition) is 4. The van der Waals surface area contributed by atoms with Crippen LogP contribution in [0.3, 0.4) is 0 Å². The molecule has 5 nitrogen and oxygen atoms in total. The first kappa shape index (κ1) is 14.2. The lowest BCUT2D eigenvalue weighted by Crippen LogP contribution is -2.16. The van der Waals surface area contributed by atoms with Crippen LogP contribution in [0.25, 0.3) is 16.9 Å². The van der Waals surface area contributed by atoms with Crippen LogP contribution >= 0.6 is 12.6 Å². The summed E-state index contributed by atoms with van der Waals surface area (Å²) in [6, 6.07) is 12.5. The third kappa shape index (κ3) is 2.43. The van der Waals surface area contributed by atoms with Gasteiger partial charge in [0.2, 0.25) is 0 Å². The predicted octanol–water partition coefficient (Wildman–Crippen LogP) is 2.70. The van der Waals surface area contributed by atoms with Crippen LogP contribution in [-0.2, 0) is 0 Å². The van der Waals surface area contributed by atoms with Crippen molar-refractivity contribution in [2.45, 2.75) is 11.8 Å². The fourth-order valence-corrected chi connectivity index (χ4v) is 2.40. The molecule has 6 heteroatoms. The average molecular weight is 308 g/mol. The van der Waals surface area contributed by atoms with E-state index in [0.29, 0.717) is 16.9 Å². The van der Waals surface area contributed by atoms with Gasteiger partial charge in [-0.1, -0.05) is 12.1 Å². The lowest BCUT2D eigenvalue weighted by molar-refractivity contribution is 0.804. The number of pyridine rings is 1. The number of nitrogens with zero attached hydrogens (tertiary/aromatic N) is 3. The highest BCUT2D eigenvalue weighted by atomic mass is 32.1. The number of aryl methyl sites for hydroxylation is 1. The Morgan fingerprint density at radius 1 is 1.23 bits per heavy atom. The van der Waals surface area contributed by atoms with Crippen LogP contribution in [-0.4, -0.2) is 14.8 Å². The Bertz CT molecular complexity index is 915. The van der Waals surface area contributed by atoms with Gasteiger partial charge in [-0.3, -0.25) is 9.89 Å². The molecule has 2 heterocycles. The van der Waals surface area contributed by atoms with Gasteiger partial charge in [-0.25, -0.2) is 9.67 Å². The van der Waals surface area contributed by atoms with Gasteiger partial charge in [0.15, 0.2) is 5.82 Å². The number of rotatable bonds is 2. The van der Waals surface area contributed by atoms with Gasteiger partial charge in [0, 0.05) is 16.8 Å². The Hall–Kier alpha value is -2.78. The Kier molecular flexibility index (Phi) is 3.57. The zero-order valence-corrected chi connectivity index (χ0v) is 12.6. The molecule has 0 fully saturated rings. The Morgan fingerprint density at radius 2 is 1.95 bits per heavy atom. The summed E-state index contributed by atoms with van der Waals surface area (Å²) in [6.45, 7) is 1.83. The van der Waals surface area contributed by atoms with E-state index in [1.165, 1.54) is 4.68 Å². The van der Waals surface area contributed by atoms with Gasteiger partial charge in [-0.15, -0.1) is 12.6 Å². The monoisotopic (exact) mass is 308 g/mol. The van der Waals surface area contributed by atoms with E-state index in [2.05, 4.69) is 28.8 Å². The minimum Gasteiger partial charge on any atom is -0.293 e. The molecular formula is C16H12N4OS. The maximum absolute atomic E-state index is 12.6. The van der Waals surface area contributed by atoms with Crippen LogP contribution in [0.15, 0.2) is 52.3 Å². The predicted molar refractivity (Wildman–Crippen MR) is 86.3 cm³/mol. The zero-order valence-electron chi connectivity index (χ0n) is 11.7. The van der Waals surface area contributed by atoms with Gasteiger partial charge in [-0.05, 0) is 36.8 Å². The molecule has 1 aromatic carbocycles. The molecule has 3 aromatic rings. The van der Waals surface area contributed by atoms with Crippen molar-refractivity contribution < 1.29 is 0 Å². The van der Waals surface area contributed by atoms with Crippen molar-refractivity contribution in [1.82, 2.24) is 14.8 Å². The van der Waals surface area contributed by atoms with Gasteiger partial charge in [0.1, 0.15) is 0 Å². The molecule has 0 aliphatic heterocycles. The fraction of sp³-hybridized carbons (Fsp3) is 0.0625. The highest BCUT2D eigenvalue weighted by Gasteiger charge is 2.14. The Labute approximate surface area is 132 Å². The minimum absolute atomic E-state index is 0.179. The molecule has 0 unspecified atom stereocenters. The molecule has 0 aliphatic rings. The number of benzene rings is 1. The second kappa shape index (κ2) is 5.54. The second-order valence-corrected chi connectivity index (χ2v) is 5.33. The van der Waals surface area contributed by atoms with Crippen LogP contribution in [0.4, 0.5) is 0 Å². The lowest BCUT2D eigenvalue weighted by Gasteiger charge is -2.00. The molecule has 1 N–H and O–H groups in total.